The highest BCUT2D eigenvalue weighted by molar-refractivity contribution is 9.09. The van der Waals surface area contributed by atoms with E-state index >= 15 is 0 Å². The molecule has 0 atom stereocenters. The highest BCUT2D eigenvalue weighted by atomic mass is 79.9. The molecule has 4 heteroatoms. The van der Waals surface area contributed by atoms with Crippen molar-refractivity contribution in [2.45, 2.75) is 44.8 Å². The fraction of sp³-hybridized carbons (Fsp3) is 0.625. The number of aryl methyl sites for hydroxylation is 1. The van der Waals surface area contributed by atoms with Crippen LogP contribution in [0.3, 0.4) is 0 Å². The second kappa shape index (κ2) is 6.61. The molecular formula is C16H23BrO2S. The molecule has 1 aliphatic carbocycles. The molecule has 0 heterocycles. The van der Waals surface area contributed by atoms with Crippen LogP contribution in [0.2, 0.25) is 0 Å². The van der Waals surface area contributed by atoms with Gasteiger partial charge in [0.1, 0.15) is 0 Å². The van der Waals surface area contributed by atoms with Crippen LogP contribution in [-0.4, -0.2) is 19.5 Å². The van der Waals surface area contributed by atoms with Gasteiger partial charge in [-0.15, -0.1) is 0 Å². The normalized spacial score (nSPS) is 18.9. The molecule has 0 amide bonds. The second-order valence-corrected chi connectivity index (χ2v) is 8.78. The molecule has 2 nitrogen and oxygen atoms in total. The lowest BCUT2D eigenvalue weighted by Gasteiger charge is -2.35. The van der Waals surface area contributed by atoms with Crippen LogP contribution < -0.4 is 0 Å². The minimum absolute atomic E-state index is 0.0419. The van der Waals surface area contributed by atoms with E-state index in [9.17, 15) is 8.42 Å². The zero-order chi connectivity index (χ0) is 14.6. The first-order chi connectivity index (χ1) is 9.46. The Kier molecular flexibility index (Phi) is 5.30. The summed E-state index contributed by atoms with van der Waals surface area (Å²) in [7, 11) is -3.06. The van der Waals surface area contributed by atoms with Gasteiger partial charge in [-0.3, -0.25) is 0 Å². The summed E-state index contributed by atoms with van der Waals surface area (Å²) in [6.45, 7) is 1.98. The van der Waals surface area contributed by atoms with Crippen LogP contribution in [0.1, 0.15) is 43.2 Å². The van der Waals surface area contributed by atoms with E-state index in [1.807, 2.05) is 31.2 Å². The Labute approximate surface area is 131 Å². The summed E-state index contributed by atoms with van der Waals surface area (Å²) in [5.74, 6) is 0.494. The van der Waals surface area contributed by atoms with E-state index in [-0.39, 0.29) is 11.2 Å². The topological polar surface area (TPSA) is 34.1 Å². The minimum atomic E-state index is -3.06. The number of hydrogen-bond acceptors (Lipinski definition) is 2. The van der Waals surface area contributed by atoms with Crippen LogP contribution >= 0.6 is 15.9 Å². The predicted octanol–water partition coefficient (Wildman–Crippen LogP) is 4.26. The lowest BCUT2D eigenvalue weighted by molar-refractivity contribution is 0.256. The number of rotatable bonds is 5. The highest BCUT2D eigenvalue weighted by Gasteiger charge is 2.35. The van der Waals surface area contributed by atoms with Crippen molar-refractivity contribution in [1.82, 2.24) is 0 Å². The Morgan fingerprint density at radius 3 is 2.40 bits per heavy atom. The summed E-state index contributed by atoms with van der Waals surface area (Å²) in [4.78, 5) is 0. The Morgan fingerprint density at radius 1 is 1.15 bits per heavy atom. The molecule has 1 aromatic rings. The molecule has 0 saturated heterocycles. The van der Waals surface area contributed by atoms with E-state index in [2.05, 4.69) is 15.9 Å². The van der Waals surface area contributed by atoms with Gasteiger partial charge in [0.25, 0.3) is 0 Å². The first kappa shape index (κ1) is 16.0. The number of benzene rings is 1. The van der Waals surface area contributed by atoms with Gasteiger partial charge >= 0.3 is 0 Å². The van der Waals surface area contributed by atoms with Gasteiger partial charge in [-0.05, 0) is 36.3 Å². The zero-order valence-electron chi connectivity index (χ0n) is 12.1. The van der Waals surface area contributed by atoms with Gasteiger partial charge in [-0.1, -0.05) is 59.5 Å². The van der Waals surface area contributed by atoms with Crippen molar-refractivity contribution in [3.8, 4) is 0 Å². The van der Waals surface area contributed by atoms with Crippen molar-refractivity contribution < 1.29 is 8.42 Å². The standard InChI is InChI=1S/C16H23BrO2S/c1-14-7-3-4-8-15(14)11-20(18,19)13-16(12-17)9-5-2-6-10-16/h3-4,7-8H,2,5-6,9-13H2,1H3. The first-order valence-corrected chi connectivity index (χ1v) is 10.2. The molecule has 0 aromatic heterocycles. The number of alkyl halides is 1. The summed E-state index contributed by atoms with van der Waals surface area (Å²) >= 11 is 3.56. The molecule has 0 radical (unpaired) electrons. The second-order valence-electron chi connectivity index (χ2n) is 6.15. The molecule has 0 aliphatic heterocycles. The monoisotopic (exact) mass is 358 g/mol. The van der Waals surface area contributed by atoms with Crippen molar-refractivity contribution >= 4 is 25.8 Å². The molecule has 1 fully saturated rings. The van der Waals surface area contributed by atoms with Gasteiger partial charge in [0.2, 0.25) is 0 Å². The summed E-state index contributed by atoms with van der Waals surface area (Å²) in [6, 6.07) is 7.77. The molecule has 1 aliphatic rings. The minimum Gasteiger partial charge on any atom is -0.228 e. The molecule has 112 valence electrons. The van der Waals surface area contributed by atoms with Crippen LogP contribution in [0.4, 0.5) is 0 Å². The number of sulfone groups is 1. The molecule has 2 rings (SSSR count). The summed E-state index contributed by atoms with van der Waals surface area (Å²) in [6.07, 6.45) is 5.63. The van der Waals surface area contributed by atoms with Crippen LogP contribution in [-0.2, 0) is 15.6 Å². The van der Waals surface area contributed by atoms with E-state index in [1.165, 1.54) is 6.42 Å². The fourth-order valence-electron chi connectivity index (χ4n) is 3.14. The lowest BCUT2D eigenvalue weighted by Crippen LogP contribution is -2.34. The van der Waals surface area contributed by atoms with Gasteiger partial charge in [0, 0.05) is 5.33 Å². The average Bonchev–Trinajstić information content (AvgIpc) is 2.42. The maximum atomic E-state index is 12.6. The largest absolute Gasteiger partial charge is 0.228 e. The summed E-state index contributed by atoms with van der Waals surface area (Å²) in [5, 5.41) is 0.799. The van der Waals surface area contributed by atoms with Crippen molar-refractivity contribution in [2.75, 3.05) is 11.1 Å². The highest BCUT2D eigenvalue weighted by Crippen LogP contribution is 2.39. The van der Waals surface area contributed by atoms with Crippen LogP contribution in [0, 0.1) is 12.3 Å². The van der Waals surface area contributed by atoms with Gasteiger partial charge in [-0.2, -0.15) is 0 Å². The van der Waals surface area contributed by atoms with Crippen molar-refractivity contribution in [3.05, 3.63) is 35.4 Å². The van der Waals surface area contributed by atoms with Crippen molar-refractivity contribution in [3.63, 3.8) is 0 Å². The van der Waals surface area contributed by atoms with E-state index in [0.29, 0.717) is 5.75 Å². The predicted molar refractivity (Wildman–Crippen MR) is 88.0 cm³/mol. The third-order valence-electron chi connectivity index (χ3n) is 4.36. The van der Waals surface area contributed by atoms with Crippen LogP contribution in [0.15, 0.2) is 24.3 Å². The van der Waals surface area contributed by atoms with E-state index in [4.69, 9.17) is 0 Å². The number of hydrogen-bond donors (Lipinski definition) is 0. The Hall–Kier alpha value is -0.350. The fourth-order valence-corrected chi connectivity index (χ4v) is 6.39. The molecule has 0 spiro atoms. The quantitative estimate of drug-likeness (QED) is 0.737. The molecule has 1 saturated carbocycles. The smallest absolute Gasteiger partial charge is 0.155 e. The average molecular weight is 359 g/mol. The molecular weight excluding hydrogens is 336 g/mol. The SMILES string of the molecule is Cc1ccccc1CS(=O)(=O)CC1(CBr)CCCCC1. The van der Waals surface area contributed by atoms with Gasteiger partial charge in [0.15, 0.2) is 9.84 Å². The van der Waals surface area contributed by atoms with Gasteiger partial charge < -0.3 is 0 Å². The van der Waals surface area contributed by atoms with Crippen LogP contribution in [0.25, 0.3) is 0 Å². The Morgan fingerprint density at radius 2 is 1.80 bits per heavy atom. The number of halogens is 1. The molecule has 0 unspecified atom stereocenters. The first-order valence-electron chi connectivity index (χ1n) is 7.27. The maximum absolute atomic E-state index is 12.6. The third kappa shape index (κ3) is 4.08. The van der Waals surface area contributed by atoms with E-state index in [0.717, 1.165) is 42.1 Å². The summed E-state index contributed by atoms with van der Waals surface area (Å²) < 4.78 is 25.1. The van der Waals surface area contributed by atoms with E-state index < -0.39 is 9.84 Å². The van der Waals surface area contributed by atoms with Crippen molar-refractivity contribution in [1.29, 1.82) is 0 Å². The van der Waals surface area contributed by atoms with Crippen LogP contribution in [0.5, 0.6) is 0 Å². The van der Waals surface area contributed by atoms with Gasteiger partial charge in [-0.25, -0.2) is 8.42 Å². The Balaban J connectivity index is 2.12. The zero-order valence-corrected chi connectivity index (χ0v) is 14.5. The van der Waals surface area contributed by atoms with Gasteiger partial charge in [0.05, 0.1) is 11.5 Å². The Bertz CT molecular complexity index is 545. The lowest BCUT2D eigenvalue weighted by atomic mass is 9.77. The maximum Gasteiger partial charge on any atom is 0.155 e. The molecule has 0 N–H and O–H groups in total. The molecule has 20 heavy (non-hydrogen) atoms. The molecule has 1 aromatic carbocycles. The van der Waals surface area contributed by atoms with E-state index in [1.54, 1.807) is 0 Å². The molecule has 0 bridgehead atoms. The van der Waals surface area contributed by atoms with Crippen molar-refractivity contribution in [2.24, 2.45) is 5.41 Å². The summed E-state index contributed by atoms with van der Waals surface area (Å²) in [5.41, 5.74) is 1.96. The third-order valence-corrected chi connectivity index (χ3v) is 7.35.